The Hall–Kier alpha value is -0.233. The van der Waals surface area contributed by atoms with E-state index >= 15 is 0 Å². The van der Waals surface area contributed by atoms with E-state index in [0.717, 1.165) is 19.3 Å². The molecule has 0 amide bonds. The van der Waals surface area contributed by atoms with E-state index in [-0.39, 0.29) is 22.5 Å². The van der Waals surface area contributed by atoms with Gasteiger partial charge in [0, 0.05) is 44.8 Å². The number of ether oxygens (including phenoxy) is 2. The summed E-state index contributed by atoms with van der Waals surface area (Å²) < 4.78 is 18.1. The van der Waals surface area contributed by atoms with Gasteiger partial charge in [-0.2, -0.15) is 0 Å². The minimum absolute atomic E-state index is 0.0327. The Morgan fingerprint density at radius 3 is 2.21 bits per heavy atom. The van der Waals surface area contributed by atoms with Gasteiger partial charge in [0.25, 0.3) is 0 Å². The molecule has 0 aromatic carbocycles. The number of fused-ring (bicyclic) bond motifs is 1. The van der Waals surface area contributed by atoms with Crippen molar-refractivity contribution in [3.63, 3.8) is 0 Å². The molecule has 2 fully saturated rings. The molecule has 3 atom stereocenters. The average Bonchev–Trinajstić information content (AvgIpc) is 2.49. The highest BCUT2D eigenvalue weighted by atomic mass is 28.4. The van der Waals surface area contributed by atoms with E-state index in [1.54, 1.807) is 14.2 Å². The van der Waals surface area contributed by atoms with Crippen molar-refractivity contribution in [2.24, 2.45) is 11.3 Å². The molecular formula is C19H36O4Si. The van der Waals surface area contributed by atoms with Gasteiger partial charge in [-0.05, 0) is 31.0 Å². The van der Waals surface area contributed by atoms with E-state index in [4.69, 9.17) is 13.9 Å². The number of rotatable bonds is 4. The van der Waals surface area contributed by atoms with Crippen molar-refractivity contribution in [1.82, 2.24) is 0 Å². The van der Waals surface area contributed by atoms with Crippen LogP contribution in [-0.4, -0.2) is 40.2 Å². The average molecular weight is 357 g/mol. The van der Waals surface area contributed by atoms with Crippen LogP contribution in [0.25, 0.3) is 0 Å². The van der Waals surface area contributed by atoms with Crippen LogP contribution in [0.4, 0.5) is 0 Å². The summed E-state index contributed by atoms with van der Waals surface area (Å²) in [6, 6.07) is 0. The fourth-order valence-electron chi connectivity index (χ4n) is 4.10. The van der Waals surface area contributed by atoms with Crippen molar-refractivity contribution in [1.29, 1.82) is 0 Å². The Bertz CT molecular complexity index is 478. The Morgan fingerprint density at radius 2 is 1.71 bits per heavy atom. The van der Waals surface area contributed by atoms with Gasteiger partial charge in [-0.15, -0.1) is 0 Å². The lowest BCUT2D eigenvalue weighted by atomic mass is 9.57. The number of hydrogen-bond donors (Lipinski definition) is 0. The molecule has 0 heterocycles. The van der Waals surface area contributed by atoms with E-state index in [1.165, 1.54) is 0 Å². The minimum Gasteiger partial charge on any atom is -0.413 e. The minimum atomic E-state index is -1.86. The summed E-state index contributed by atoms with van der Waals surface area (Å²) in [7, 11) is 1.50. The number of hydrogen-bond acceptors (Lipinski definition) is 4. The van der Waals surface area contributed by atoms with E-state index in [9.17, 15) is 4.79 Å². The summed E-state index contributed by atoms with van der Waals surface area (Å²) in [4.78, 5) is 12.7. The number of methoxy groups -OCH3 is 2. The third kappa shape index (κ3) is 3.37. The molecule has 0 radical (unpaired) electrons. The van der Waals surface area contributed by atoms with Gasteiger partial charge in [0.05, 0.1) is 6.10 Å². The zero-order chi connectivity index (χ0) is 18.4. The van der Waals surface area contributed by atoms with Crippen molar-refractivity contribution in [3.8, 4) is 0 Å². The van der Waals surface area contributed by atoms with Crippen molar-refractivity contribution >= 4 is 14.1 Å². The van der Waals surface area contributed by atoms with Crippen LogP contribution in [0.5, 0.6) is 0 Å². The van der Waals surface area contributed by atoms with Gasteiger partial charge in [-0.1, -0.05) is 27.7 Å². The van der Waals surface area contributed by atoms with Crippen LogP contribution in [0.2, 0.25) is 18.1 Å². The maximum absolute atomic E-state index is 12.7. The fourth-order valence-corrected chi connectivity index (χ4v) is 5.56. The quantitative estimate of drug-likeness (QED) is 0.548. The molecule has 4 nitrogen and oxygen atoms in total. The Morgan fingerprint density at radius 1 is 1.12 bits per heavy atom. The number of ketones is 1. The summed E-state index contributed by atoms with van der Waals surface area (Å²) in [6.45, 7) is 13.7. The molecule has 0 aromatic rings. The molecule has 2 rings (SSSR count). The van der Waals surface area contributed by atoms with Crippen molar-refractivity contribution in [2.45, 2.75) is 89.8 Å². The lowest BCUT2D eigenvalue weighted by Crippen LogP contribution is -2.59. The summed E-state index contributed by atoms with van der Waals surface area (Å²) >= 11 is 0. The van der Waals surface area contributed by atoms with Gasteiger partial charge < -0.3 is 13.9 Å². The molecule has 0 saturated heterocycles. The maximum Gasteiger partial charge on any atom is 0.192 e. The molecule has 2 aliphatic carbocycles. The molecule has 140 valence electrons. The summed E-state index contributed by atoms with van der Waals surface area (Å²) in [5.74, 6) is -0.293. The van der Waals surface area contributed by atoms with Gasteiger partial charge in [-0.25, -0.2) is 0 Å². The first-order valence-corrected chi connectivity index (χ1v) is 12.1. The van der Waals surface area contributed by atoms with Crippen LogP contribution >= 0.6 is 0 Å². The molecular weight excluding hydrogens is 320 g/mol. The smallest absolute Gasteiger partial charge is 0.192 e. The predicted molar refractivity (Wildman–Crippen MR) is 98.5 cm³/mol. The zero-order valence-electron chi connectivity index (χ0n) is 16.8. The first-order chi connectivity index (χ1) is 10.9. The highest BCUT2D eigenvalue weighted by Crippen LogP contribution is 2.54. The summed E-state index contributed by atoms with van der Waals surface area (Å²) in [5.41, 5.74) is -0.106. The molecule has 0 spiro atoms. The van der Waals surface area contributed by atoms with Crippen LogP contribution in [0, 0.1) is 11.3 Å². The highest BCUT2D eigenvalue weighted by Gasteiger charge is 2.57. The largest absolute Gasteiger partial charge is 0.413 e. The van der Waals surface area contributed by atoms with E-state index in [2.05, 4.69) is 40.8 Å². The second kappa shape index (κ2) is 6.49. The molecule has 0 unspecified atom stereocenters. The Balaban J connectivity index is 2.27. The number of carbonyl (C=O) groups excluding carboxylic acids is 1. The van der Waals surface area contributed by atoms with E-state index in [0.29, 0.717) is 18.6 Å². The lowest BCUT2D eigenvalue weighted by molar-refractivity contribution is -0.253. The van der Waals surface area contributed by atoms with Crippen molar-refractivity contribution in [2.75, 3.05) is 14.2 Å². The SMILES string of the molecule is COC1(OC)CC[C@@]2(C)[C@H](O[Si](C)(C)C(C)(C)C)CCC(=O)[C@@H]2C1. The van der Waals surface area contributed by atoms with Crippen LogP contribution < -0.4 is 0 Å². The maximum atomic E-state index is 12.7. The topological polar surface area (TPSA) is 44.8 Å². The second-order valence-electron chi connectivity index (χ2n) is 9.45. The van der Waals surface area contributed by atoms with Gasteiger partial charge in [-0.3, -0.25) is 4.79 Å². The second-order valence-corrected chi connectivity index (χ2v) is 14.2. The number of carbonyl (C=O) groups is 1. The standard InChI is InChI=1S/C19H36O4Si/c1-17(2,3)24(7,8)23-16-10-9-15(20)14-13-19(21-5,22-6)12-11-18(14,16)4/h14,16H,9-13H2,1-8H3/t14-,16+,18+/m0/s1. The molecule has 0 aromatic heterocycles. The normalized spacial score (nSPS) is 34.1. The van der Waals surface area contributed by atoms with Crippen LogP contribution in [0.15, 0.2) is 0 Å². The van der Waals surface area contributed by atoms with Crippen LogP contribution in [0.3, 0.4) is 0 Å². The van der Waals surface area contributed by atoms with Crippen LogP contribution in [0.1, 0.15) is 59.8 Å². The van der Waals surface area contributed by atoms with Gasteiger partial charge in [0.15, 0.2) is 14.1 Å². The fraction of sp³-hybridized carbons (Fsp3) is 0.947. The van der Waals surface area contributed by atoms with E-state index < -0.39 is 14.1 Å². The highest BCUT2D eigenvalue weighted by molar-refractivity contribution is 6.74. The monoisotopic (exact) mass is 356 g/mol. The molecule has 5 heteroatoms. The van der Waals surface area contributed by atoms with E-state index in [1.807, 2.05) is 0 Å². The Labute approximate surface area is 148 Å². The Kier molecular flexibility index (Phi) is 5.43. The summed E-state index contributed by atoms with van der Waals surface area (Å²) in [6.07, 6.45) is 4.00. The summed E-state index contributed by atoms with van der Waals surface area (Å²) in [5, 5.41) is 0.178. The lowest BCUT2D eigenvalue weighted by Gasteiger charge is -2.55. The van der Waals surface area contributed by atoms with Crippen LogP contribution in [-0.2, 0) is 18.7 Å². The third-order valence-corrected chi connectivity index (χ3v) is 11.6. The van der Waals surface area contributed by atoms with Gasteiger partial charge >= 0.3 is 0 Å². The first kappa shape index (κ1) is 20.1. The zero-order valence-corrected chi connectivity index (χ0v) is 17.8. The first-order valence-electron chi connectivity index (χ1n) is 9.22. The van der Waals surface area contributed by atoms with Crippen molar-refractivity contribution in [3.05, 3.63) is 0 Å². The molecule has 24 heavy (non-hydrogen) atoms. The molecule has 2 aliphatic rings. The van der Waals surface area contributed by atoms with Crippen molar-refractivity contribution < 1.29 is 18.7 Å². The van der Waals surface area contributed by atoms with Gasteiger partial charge in [0.1, 0.15) is 5.78 Å². The molecule has 0 bridgehead atoms. The third-order valence-electron chi connectivity index (χ3n) is 7.12. The number of Topliss-reactive ketones (excluding diaryl/α,β-unsaturated/α-hetero) is 1. The predicted octanol–water partition coefficient (Wildman–Crippen LogP) is 4.54. The molecule has 0 aliphatic heterocycles. The molecule has 0 N–H and O–H groups in total. The van der Waals surface area contributed by atoms with Gasteiger partial charge in [0.2, 0.25) is 0 Å². The molecule has 2 saturated carbocycles.